The van der Waals surface area contributed by atoms with Crippen molar-refractivity contribution < 1.29 is 14.6 Å². The summed E-state index contributed by atoms with van der Waals surface area (Å²) < 4.78 is 5.20. The number of carbonyl (C=O) groups is 1. The highest BCUT2D eigenvalue weighted by Crippen LogP contribution is 2.39. The molecule has 6 nitrogen and oxygen atoms in total. The number of aromatic hydroxyl groups is 1. The molecule has 2 aromatic rings. The number of nitrogens with zero attached hydrogens (tertiary/aromatic N) is 1. The van der Waals surface area contributed by atoms with Crippen molar-refractivity contribution in [3.05, 3.63) is 35.0 Å². The smallest absolute Gasteiger partial charge is 0.230 e. The fourth-order valence-electron chi connectivity index (χ4n) is 2.87. The molecule has 1 saturated carbocycles. The molecule has 1 heterocycles. The van der Waals surface area contributed by atoms with Gasteiger partial charge in [-0.3, -0.25) is 9.89 Å². The molecule has 0 atom stereocenters. The van der Waals surface area contributed by atoms with Crippen molar-refractivity contribution in [2.24, 2.45) is 0 Å². The highest BCUT2D eigenvalue weighted by Gasteiger charge is 2.25. The molecule has 0 unspecified atom stereocenters. The van der Waals surface area contributed by atoms with Crippen molar-refractivity contribution >= 4 is 11.7 Å². The lowest BCUT2D eigenvalue weighted by molar-refractivity contribution is -0.115. The molecule has 1 amide bonds. The molecule has 1 fully saturated rings. The van der Waals surface area contributed by atoms with Gasteiger partial charge < -0.3 is 15.2 Å². The van der Waals surface area contributed by atoms with E-state index in [2.05, 4.69) is 15.5 Å². The van der Waals surface area contributed by atoms with Crippen molar-refractivity contribution in [3.8, 4) is 11.5 Å². The first-order valence-corrected chi connectivity index (χ1v) is 8.34. The number of hydrogen-bond donors (Lipinski definition) is 3. The minimum absolute atomic E-state index is 0.158. The van der Waals surface area contributed by atoms with E-state index in [0.29, 0.717) is 23.9 Å². The molecule has 0 spiro atoms. The SMILES string of the molecule is CCCc1c(O)cc(OC)cc1CC(=O)Nc1cc(C2CC2)[nH]n1. The average molecular weight is 329 g/mol. The summed E-state index contributed by atoms with van der Waals surface area (Å²) in [6.45, 7) is 2.04. The molecule has 0 saturated heterocycles. The number of H-pyrrole nitrogens is 1. The first-order chi connectivity index (χ1) is 11.6. The third kappa shape index (κ3) is 3.69. The Hall–Kier alpha value is -2.50. The molecule has 24 heavy (non-hydrogen) atoms. The van der Waals surface area contributed by atoms with Gasteiger partial charge in [-0.25, -0.2) is 0 Å². The van der Waals surface area contributed by atoms with Gasteiger partial charge in [0.1, 0.15) is 11.5 Å². The van der Waals surface area contributed by atoms with E-state index >= 15 is 0 Å². The van der Waals surface area contributed by atoms with Crippen LogP contribution in [0.5, 0.6) is 11.5 Å². The maximum atomic E-state index is 12.4. The van der Waals surface area contributed by atoms with E-state index in [4.69, 9.17) is 4.74 Å². The van der Waals surface area contributed by atoms with Crippen LogP contribution in [0.4, 0.5) is 5.82 Å². The van der Waals surface area contributed by atoms with Crippen LogP contribution in [0.2, 0.25) is 0 Å². The van der Waals surface area contributed by atoms with Crippen LogP contribution in [0.15, 0.2) is 18.2 Å². The predicted molar refractivity (Wildman–Crippen MR) is 91.6 cm³/mol. The Morgan fingerprint density at radius 2 is 2.21 bits per heavy atom. The number of hydrogen-bond acceptors (Lipinski definition) is 4. The lowest BCUT2D eigenvalue weighted by Gasteiger charge is -2.13. The monoisotopic (exact) mass is 329 g/mol. The van der Waals surface area contributed by atoms with Gasteiger partial charge in [0.2, 0.25) is 5.91 Å². The van der Waals surface area contributed by atoms with Crippen molar-refractivity contribution in [3.63, 3.8) is 0 Å². The quantitative estimate of drug-likeness (QED) is 0.728. The highest BCUT2D eigenvalue weighted by atomic mass is 16.5. The predicted octanol–water partition coefficient (Wildman–Crippen LogP) is 3.14. The molecule has 0 radical (unpaired) electrons. The Morgan fingerprint density at radius 3 is 2.88 bits per heavy atom. The molecule has 3 rings (SSSR count). The second kappa shape index (κ2) is 6.95. The number of nitrogens with one attached hydrogen (secondary N) is 2. The number of anilines is 1. The minimum Gasteiger partial charge on any atom is -0.508 e. The molecule has 128 valence electrons. The Labute approximate surface area is 141 Å². The van der Waals surface area contributed by atoms with Gasteiger partial charge in [0.05, 0.1) is 13.5 Å². The molecule has 3 N–H and O–H groups in total. The van der Waals surface area contributed by atoms with E-state index in [1.54, 1.807) is 13.2 Å². The van der Waals surface area contributed by atoms with Gasteiger partial charge >= 0.3 is 0 Å². The normalized spacial score (nSPS) is 13.8. The van der Waals surface area contributed by atoms with Gasteiger partial charge in [-0.1, -0.05) is 13.3 Å². The van der Waals surface area contributed by atoms with E-state index in [0.717, 1.165) is 23.2 Å². The number of amides is 1. The van der Waals surface area contributed by atoms with Gasteiger partial charge in [0, 0.05) is 23.7 Å². The molecule has 1 aliphatic rings. The van der Waals surface area contributed by atoms with E-state index in [-0.39, 0.29) is 18.1 Å². The lowest BCUT2D eigenvalue weighted by atomic mass is 9.98. The van der Waals surface area contributed by atoms with E-state index < -0.39 is 0 Å². The van der Waals surface area contributed by atoms with Gasteiger partial charge in [0.25, 0.3) is 0 Å². The number of aromatic nitrogens is 2. The summed E-state index contributed by atoms with van der Waals surface area (Å²) in [7, 11) is 1.54. The summed E-state index contributed by atoms with van der Waals surface area (Å²) in [5, 5.41) is 20.1. The summed E-state index contributed by atoms with van der Waals surface area (Å²) in [4.78, 5) is 12.4. The first kappa shape index (κ1) is 16.4. The number of carbonyl (C=O) groups excluding carboxylic acids is 1. The van der Waals surface area contributed by atoms with Crippen LogP contribution in [-0.4, -0.2) is 28.3 Å². The topological polar surface area (TPSA) is 87.2 Å². The number of ether oxygens (including phenoxy) is 1. The number of methoxy groups -OCH3 is 1. The van der Waals surface area contributed by atoms with E-state index in [9.17, 15) is 9.90 Å². The summed E-state index contributed by atoms with van der Waals surface area (Å²) >= 11 is 0. The zero-order chi connectivity index (χ0) is 17.1. The van der Waals surface area contributed by atoms with Crippen molar-refractivity contribution in [2.75, 3.05) is 12.4 Å². The Morgan fingerprint density at radius 1 is 1.42 bits per heavy atom. The number of phenols is 1. The van der Waals surface area contributed by atoms with Crippen LogP contribution < -0.4 is 10.1 Å². The Bertz CT molecular complexity index is 735. The lowest BCUT2D eigenvalue weighted by Crippen LogP contribution is -2.16. The molecular formula is C18H23N3O3. The van der Waals surface area contributed by atoms with Crippen LogP contribution in [-0.2, 0) is 17.6 Å². The summed E-state index contributed by atoms with van der Waals surface area (Å²) in [5.74, 6) is 1.68. The standard InChI is InChI=1S/C18H23N3O3/c1-3-4-14-12(7-13(24-2)9-16(14)22)8-18(23)19-17-10-15(20-21-17)11-5-6-11/h7,9-11,22H,3-6,8H2,1-2H3,(H2,19,20,21,23). The van der Waals surface area contributed by atoms with Crippen LogP contribution in [0, 0.1) is 0 Å². The van der Waals surface area contributed by atoms with Gasteiger partial charge in [0.15, 0.2) is 5.82 Å². The number of rotatable bonds is 7. The zero-order valence-corrected chi connectivity index (χ0v) is 14.1. The highest BCUT2D eigenvalue weighted by molar-refractivity contribution is 5.91. The molecule has 0 bridgehead atoms. The number of phenolic OH excluding ortho intramolecular Hbond substituents is 1. The van der Waals surface area contributed by atoms with E-state index in [1.807, 2.05) is 19.1 Å². The van der Waals surface area contributed by atoms with Crippen molar-refractivity contribution in [1.82, 2.24) is 10.2 Å². The summed E-state index contributed by atoms with van der Waals surface area (Å²) in [6, 6.07) is 5.29. The van der Waals surface area contributed by atoms with Crippen LogP contribution in [0.25, 0.3) is 0 Å². The molecule has 1 aromatic heterocycles. The Balaban J connectivity index is 1.73. The molecule has 1 aromatic carbocycles. The van der Waals surface area contributed by atoms with Crippen LogP contribution in [0.3, 0.4) is 0 Å². The third-order valence-corrected chi connectivity index (χ3v) is 4.26. The zero-order valence-electron chi connectivity index (χ0n) is 14.1. The molecule has 1 aliphatic carbocycles. The van der Waals surface area contributed by atoms with E-state index in [1.165, 1.54) is 12.8 Å². The van der Waals surface area contributed by atoms with Crippen LogP contribution in [0.1, 0.15) is 48.9 Å². The second-order valence-corrected chi connectivity index (χ2v) is 6.24. The summed E-state index contributed by atoms with van der Waals surface area (Å²) in [5.41, 5.74) is 2.66. The van der Waals surface area contributed by atoms with Gasteiger partial charge in [-0.2, -0.15) is 5.10 Å². The minimum atomic E-state index is -0.158. The first-order valence-electron chi connectivity index (χ1n) is 8.34. The average Bonchev–Trinajstić information content (AvgIpc) is 3.30. The van der Waals surface area contributed by atoms with Crippen LogP contribution >= 0.6 is 0 Å². The van der Waals surface area contributed by atoms with Gasteiger partial charge in [-0.05, 0) is 36.5 Å². The fourth-order valence-corrected chi connectivity index (χ4v) is 2.87. The summed E-state index contributed by atoms with van der Waals surface area (Å²) in [6.07, 6.45) is 4.13. The van der Waals surface area contributed by atoms with Gasteiger partial charge in [-0.15, -0.1) is 0 Å². The molecular weight excluding hydrogens is 306 g/mol. The third-order valence-electron chi connectivity index (χ3n) is 4.26. The Kier molecular flexibility index (Phi) is 4.74. The van der Waals surface area contributed by atoms with Crippen molar-refractivity contribution in [2.45, 2.75) is 44.9 Å². The second-order valence-electron chi connectivity index (χ2n) is 6.24. The van der Waals surface area contributed by atoms with Crippen molar-refractivity contribution in [1.29, 1.82) is 0 Å². The fraction of sp³-hybridized carbons (Fsp3) is 0.444. The maximum absolute atomic E-state index is 12.4. The largest absolute Gasteiger partial charge is 0.508 e. The molecule has 6 heteroatoms. The maximum Gasteiger partial charge on any atom is 0.230 e. The number of benzene rings is 1. The molecule has 0 aliphatic heterocycles. The number of aromatic amines is 1.